The maximum Gasteiger partial charge on any atom is 0.243 e. The Morgan fingerprint density at radius 1 is 0.935 bits per heavy atom. The molecule has 2 aliphatic heterocycles. The van der Waals surface area contributed by atoms with Crippen LogP contribution in [0.1, 0.15) is 36.8 Å². The van der Waals surface area contributed by atoms with Crippen molar-refractivity contribution in [2.75, 3.05) is 45.8 Å². The molecule has 0 aromatic heterocycles. The smallest absolute Gasteiger partial charge is 0.243 e. The van der Waals surface area contributed by atoms with E-state index >= 15 is 0 Å². The van der Waals surface area contributed by atoms with E-state index in [4.69, 9.17) is 5.73 Å². The van der Waals surface area contributed by atoms with Crippen LogP contribution in [0.3, 0.4) is 0 Å². The normalized spacial score (nSPS) is 21.6. The topological polar surface area (TPSA) is 104 Å². The molecule has 31 heavy (non-hydrogen) atoms. The summed E-state index contributed by atoms with van der Waals surface area (Å²) < 4.78 is 27.8. The van der Waals surface area contributed by atoms with E-state index in [1.165, 1.54) is 9.87 Å². The number of carbonyl (C=O) groups excluding carboxylic acids is 2. The molecule has 1 aliphatic carbocycles. The maximum atomic E-state index is 13.1. The van der Waals surface area contributed by atoms with Gasteiger partial charge in [-0.05, 0) is 74.9 Å². The lowest BCUT2D eigenvalue weighted by Gasteiger charge is -2.36. The van der Waals surface area contributed by atoms with Crippen LogP contribution in [0.5, 0.6) is 0 Å². The van der Waals surface area contributed by atoms with Crippen molar-refractivity contribution >= 4 is 21.8 Å². The van der Waals surface area contributed by atoms with Crippen LogP contribution in [0, 0.1) is 5.92 Å². The molecule has 1 aromatic rings. The molecule has 0 saturated carbocycles. The largest absolute Gasteiger partial charge is 0.369 e. The van der Waals surface area contributed by atoms with Crippen molar-refractivity contribution in [2.24, 2.45) is 11.7 Å². The molecule has 2 fully saturated rings. The van der Waals surface area contributed by atoms with Crippen LogP contribution in [-0.2, 0) is 32.5 Å². The molecular formula is C22H32N4O4S. The number of rotatable bonds is 5. The Labute approximate surface area is 184 Å². The zero-order chi connectivity index (χ0) is 22.0. The van der Waals surface area contributed by atoms with Gasteiger partial charge in [-0.3, -0.25) is 14.5 Å². The van der Waals surface area contributed by atoms with Gasteiger partial charge in [0.1, 0.15) is 0 Å². The summed E-state index contributed by atoms with van der Waals surface area (Å²) in [5.74, 6) is -0.339. The Kier molecular flexibility index (Phi) is 6.64. The number of carbonyl (C=O) groups is 2. The summed E-state index contributed by atoms with van der Waals surface area (Å²) >= 11 is 0. The number of nitrogens with zero attached hydrogens (tertiary/aromatic N) is 3. The van der Waals surface area contributed by atoms with Crippen molar-refractivity contribution < 1.29 is 18.0 Å². The minimum atomic E-state index is -3.54. The van der Waals surface area contributed by atoms with Crippen LogP contribution in [-0.4, -0.2) is 80.2 Å². The molecule has 0 unspecified atom stereocenters. The van der Waals surface area contributed by atoms with Crippen LogP contribution in [0.4, 0.5) is 0 Å². The highest BCUT2D eigenvalue weighted by molar-refractivity contribution is 7.89. The molecule has 2 N–H and O–H groups in total. The van der Waals surface area contributed by atoms with Crippen LogP contribution in [0.25, 0.3) is 0 Å². The Balaban J connectivity index is 1.31. The number of amides is 2. The lowest BCUT2D eigenvalue weighted by molar-refractivity contribution is -0.134. The SMILES string of the molecule is NC(=O)C1CCN(CC(=O)N2CCN(S(=O)(=O)c3ccc4c(c3)CCCC4)CC2)CC1. The summed E-state index contributed by atoms with van der Waals surface area (Å²) in [6.45, 7) is 3.12. The molecule has 2 saturated heterocycles. The third-order valence-electron chi connectivity index (χ3n) is 6.90. The fraction of sp³-hybridized carbons (Fsp3) is 0.636. The average Bonchev–Trinajstić information content (AvgIpc) is 2.79. The summed E-state index contributed by atoms with van der Waals surface area (Å²) in [7, 11) is -3.54. The second-order valence-electron chi connectivity index (χ2n) is 8.88. The van der Waals surface area contributed by atoms with Gasteiger partial charge in [-0.1, -0.05) is 6.07 Å². The van der Waals surface area contributed by atoms with Gasteiger partial charge in [-0.25, -0.2) is 8.42 Å². The summed E-state index contributed by atoms with van der Waals surface area (Å²) in [6, 6.07) is 5.53. The van der Waals surface area contributed by atoms with E-state index < -0.39 is 10.0 Å². The van der Waals surface area contributed by atoms with Crippen molar-refractivity contribution in [1.29, 1.82) is 0 Å². The molecule has 2 amide bonds. The van der Waals surface area contributed by atoms with Gasteiger partial charge in [0.2, 0.25) is 21.8 Å². The number of piperazine rings is 1. The number of primary amides is 1. The highest BCUT2D eigenvalue weighted by Crippen LogP contribution is 2.26. The fourth-order valence-electron chi connectivity index (χ4n) is 4.86. The van der Waals surface area contributed by atoms with Gasteiger partial charge < -0.3 is 10.6 Å². The molecule has 3 aliphatic rings. The zero-order valence-electron chi connectivity index (χ0n) is 18.0. The fourth-order valence-corrected chi connectivity index (χ4v) is 6.34. The number of hydrogen-bond donors (Lipinski definition) is 1. The molecule has 170 valence electrons. The average molecular weight is 449 g/mol. The van der Waals surface area contributed by atoms with Gasteiger partial charge in [0.05, 0.1) is 11.4 Å². The minimum absolute atomic E-state index is 0.0170. The molecule has 9 heteroatoms. The van der Waals surface area contributed by atoms with Crippen LogP contribution in [0.2, 0.25) is 0 Å². The van der Waals surface area contributed by atoms with E-state index in [0.29, 0.717) is 63.6 Å². The number of sulfonamides is 1. The van der Waals surface area contributed by atoms with E-state index in [9.17, 15) is 18.0 Å². The number of nitrogens with two attached hydrogens (primary N) is 1. The van der Waals surface area contributed by atoms with E-state index in [0.717, 1.165) is 31.2 Å². The van der Waals surface area contributed by atoms with E-state index in [1.54, 1.807) is 11.0 Å². The standard InChI is InChI=1S/C22H32N4O4S/c23-22(28)18-7-9-24(10-8-18)16-21(27)25-11-13-26(14-12-25)31(29,30)20-6-5-17-3-1-2-4-19(17)15-20/h5-6,15,18H,1-4,7-14,16H2,(H2,23,28). The van der Waals surface area contributed by atoms with Gasteiger partial charge >= 0.3 is 0 Å². The first-order valence-corrected chi connectivity index (χ1v) is 12.7. The number of piperidine rings is 1. The molecular weight excluding hydrogens is 416 g/mol. The summed E-state index contributed by atoms with van der Waals surface area (Å²) in [5, 5.41) is 0. The van der Waals surface area contributed by atoms with Gasteiger partial charge in [0.15, 0.2) is 0 Å². The second-order valence-corrected chi connectivity index (χ2v) is 10.8. The predicted molar refractivity (Wildman–Crippen MR) is 117 cm³/mol. The first-order chi connectivity index (χ1) is 14.8. The van der Waals surface area contributed by atoms with Gasteiger partial charge in [0, 0.05) is 32.1 Å². The van der Waals surface area contributed by atoms with E-state index in [2.05, 4.69) is 4.90 Å². The molecule has 0 radical (unpaired) electrons. The van der Waals surface area contributed by atoms with Crippen molar-refractivity contribution in [2.45, 2.75) is 43.4 Å². The van der Waals surface area contributed by atoms with Crippen molar-refractivity contribution in [3.8, 4) is 0 Å². The van der Waals surface area contributed by atoms with Gasteiger partial charge in [-0.15, -0.1) is 0 Å². The van der Waals surface area contributed by atoms with Crippen molar-refractivity contribution in [3.63, 3.8) is 0 Å². The monoisotopic (exact) mass is 448 g/mol. The Bertz CT molecular complexity index is 933. The number of aryl methyl sites for hydroxylation is 2. The number of likely N-dealkylation sites (tertiary alicyclic amines) is 1. The van der Waals surface area contributed by atoms with Crippen LogP contribution >= 0.6 is 0 Å². The number of fused-ring (bicyclic) bond motifs is 1. The Morgan fingerprint density at radius 3 is 2.23 bits per heavy atom. The number of hydrogen-bond acceptors (Lipinski definition) is 5. The molecule has 2 heterocycles. The quantitative estimate of drug-likeness (QED) is 0.710. The first-order valence-electron chi connectivity index (χ1n) is 11.3. The minimum Gasteiger partial charge on any atom is -0.369 e. The summed E-state index contributed by atoms with van der Waals surface area (Å²) in [5.41, 5.74) is 7.79. The van der Waals surface area contributed by atoms with E-state index in [1.807, 2.05) is 12.1 Å². The van der Waals surface area contributed by atoms with Crippen molar-refractivity contribution in [1.82, 2.24) is 14.1 Å². The number of benzene rings is 1. The molecule has 1 aromatic carbocycles. The third kappa shape index (κ3) is 4.94. The Morgan fingerprint density at radius 2 is 1.58 bits per heavy atom. The van der Waals surface area contributed by atoms with Crippen LogP contribution in [0.15, 0.2) is 23.1 Å². The Hall–Kier alpha value is -1.97. The highest BCUT2D eigenvalue weighted by Gasteiger charge is 2.32. The predicted octanol–water partition coefficient (Wildman–Crippen LogP) is 0.596. The molecule has 4 rings (SSSR count). The van der Waals surface area contributed by atoms with Crippen molar-refractivity contribution in [3.05, 3.63) is 29.3 Å². The molecule has 8 nitrogen and oxygen atoms in total. The van der Waals surface area contributed by atoms with Gasteiger partial charge in [0.25, 0.3) is 0 Å². The third-order valence-corrected chi connectivity index (χ3v) is 8.79. The first kappa shape index (κ1) is 22.2. The molecule has 0 spiro atoms. The van der Waals surface area contributed by atoms with Gasteiger partial charge in [-0.2, -0.15) is 4.31 Å². The second kappa shape index (κ2) is 9.26. The molecule has 0 bridgehead atoms. The lowest BCUT2D eigenvalue weighted by Crippen LogP contribution is -2.53. The maximum absolute atomic E-state index is 13.1. The van der Waals surface area contributed by atoms with E-state index in [-0.39, 0.29) is 17.7 Å². The summed E-state index contributed by atoms with van der Waals surface area (Å²) in [4.78, 5) is 28.2. The highest BCUT2D eigenvalue weighted by atomic mass is 32.2. The lowest BCUT2D eigenvalue weighted by atomic mass is 9.92. The molecule has 0 atom stereocenters. The van der Waals surface area contributed by atoms with Crippen LogP contribution < -0.4 is 5.73 Å². The zero-order valence-corrected chi connectivity index (χ0v) is 18.8. The summed E-state index contributed by atoms with van der Waals surface area (Å²) in [6.07, 6.45) is 5.62.